The third kappa shape index (κ3) is 3.38. The summed E-state index contributed by atoms with van der Waals surface area (Å²) in [4.78, 5) is 20.9. The van der Waals surface area contributed by atoms with Crippen LogP contribution in [0.25, 0.3) is 22.6 Å². The monoisotopic (exact) mass is 425 g/mol. The van der Waals surface area contributed by atoms with Crippen LogP contribution in [0.3, 0.4) is 0 Å². The molecule has 1 atom stereocenters. The number of aryl methyl sites for hydroxylation is 1. The number of amidine groups is 1. The third-order valence-corrected chi connectivity index (χ3v) is 5.42. The second-order valence-corrected chi connectivity index (χ2v) is 7.45. The molecule has 0 spiro atoms. The van der Waals surface area contributed by atoms with E-state index in [4.69, 9.17) is 10.8 Å². The Kier molecular flexibility index (Phi) is 5.08. The minimum absolute atomic E-state index is 0.132. The highest BCUT2D eigenvalue weighted by atomic mass is 15.4. The fraction of sp³-hybridized carbons (Fsp3) is 0.174. The number of fused-ring (bicyclic) bond motifs is 1. The lowest BCUT2D eigenvalue weighted by molar-refractivity contribution is 0.703. The smallest absolute Gasteiger partial charge is 0.165 e. The number of hydrogen-bond acceptors (Lipinski definition) is 8. The number of hydrogen-bond donors (Lipinski definition) is 2. The molecule has 1 aromatic carbocycles. The lowest BCUT2D eigenvalue weighted by atomic mass is 10.1. The molecular weight excluding hydrogens is 402 g/mol. The Bertz CT molecular complexity index is 1280. The van der Waals surface area contributed by atoms with Crippen molar-refractivity contribution in [2.45, 2.75) is 19.4 Å². The van der Waals surface area contributed by atoms with Crippen LogP contribution < -0.4 is 16.2 Å². The lowest BCUT2D eigenvalue weighted by Gasteiger charge is -2.34. The molecule has 0 bridgehead atoms. The van der Waals surface area contributed by atoms with Gasteiger partial charge in [0.1, 0.15) is 11.5 Å². The molecular formula is C23H23N9. The highest BCUT2D eigenvalue weighted by molar-refractivity contribution is 5.98. The van der Waals surface area contributed by atoms with Crippen molar-refractivity contribution >= 4 is 23.2 Å². The van der Waals surface area contributed by atoms with Gasteiger partial charge in [0.05, 0.1) is 17.9 Å². The van der Waals surface area contributed by atoms with E-state index in [-0.39, 0.29) is 6.04 Å². The van der Waals surface area contributed by atoms with E-state index >= 15 is 0 Å². The molecule has 0 amide bonds. The average molecular weight is 426 g/mol. The van der Waals surface area contributed by atoms with Crippen molar-refractivity contribution in [2.75, 3.05) is 4.90 Å². The van der Waals surface area contributed by atoms with Crippen LogP contribution in [0.4, 0.5) is 17.3 Å². The van der Waals surface area contributed by atoms with Crippen molar-refractivity contribution < 1.29 is 0 Å². The average Bonchev–Trinajstić information content (AvgIpc) is 3.28. The SMILES string of the molecule is CCC1C(NN)=Nc2cnc(-c3cccnc3-c3ccccc3)nc2N1c1ccn(C)n1. The molecule has 9 nitrogen and oxygen atoms in total. The van der Waals surface area contributed by atoms with Crippen molar-refractivity contribution in [1.82, 2.24) is 30.2 Å². The van der Waals surface area contributed by atoms with Gasteiger partial charge in [-0.2, -0.15) is 5.10 Å². The molecule has 4 aromatic rings. The van der Waals surface area contributed by atoms with Gasteiger partial charge in [-0.25, -0.2) is 20.8 Å². The standard InChI is InChI=1S/C23H23N9/c1-3-18-22(29-24)27-17-14-26-21(28-23(17)32(18)19-11-13-31(2)30-19)16-10-7-12-25-20(16)15-8-5-4-6-9-15/h4-14,18H,3,24H2,1-2H3,(H,27,29). The van der Waals surface area contributed by atoms with Crippen LogP contribution in [0.2, 0.25) is 0 Å². The van der Waals surface area contributed by atoms with Gasteiger partial charge in [0.25, 0.3) is 0 Å². The van der Waals surface area contributed by atoms with Gasteiger partial charge in [-0.05, 0) is 18.6 Å². The molecule has 5 rings (SSSR count). The highest BCUT2D eigenvalue weighted by Gasteiger charge is 2.33. The first-order valence-corrected chi connectivity index (χ1v) is 10.4. The van der Waals surface area contributed by atoms with Gasteiger partial charge >= 0.3 is 0 Å². The maximum atomic E-state index is 5.79. The molecule has 9 heteroatoms. The quantitative estimate of drug-likeness (QED) is 0.381. The summed E-state index contributed by atoms with van der Waals surface area (Å²) in [6.45, 7) is 2.08. The van der Waals surface area contributed by atoms with Crippen molar-refractivity contribution in [3.8, 4) is 22.6 Å². The van der Waals surface area contributed by atoms with Crippen molar-refractivity contribution in [3.63, 3.8) is 0 Å². The molecule has 0 fully saturated rings. The summed E-state index contributed by atoms with van der Waals surface area (Å²) in [6, 6.07) is 15.7. The van der Waals surface area contributed by atoms with Gasteiger partial charge in [-0.3, -0.25) is 14.6 Å². The minimum atomic E-state index is -0.132. The fourth-order valence-electron chi connectivity index (χ4n) is 3.94. The number of benzene rings is 1. The second-order valence-electron chi connectivity index (χ2n) is 7.45. The predicted octanol–water partition coefficient (Wildman–Crippen LogP) is 3.36. The first-order valence-electron chi connectivity index (χ1n) is 10.4. The van der Waals surface area contributed by atoms with Crippen molar-refractivity contribution in [3.05, 3.63) is 67.1 Å². The molecule has 3 aromatic heterocycles. The number of rotatable bonds is 4. The summed E-state index contributed by atoms with van der Waals surface area (Å²) in [5.74, 6) is 8.47. The molecule has 3 N–H and O–H groups in total. The predicted molar refractivity (Wildman–Crippen MR) is 125 cm³/mol. The van der Waals surface area contributed by atoms with Crippen LogP contribution in [-0.4, -0.2) is 36.6 Å². The summed E-state index contributed by atoms with van der Waals surface area (Å²) in [6.07, 6.45) is 6.17. The number of anilines is 2. The number of pyridine rings is 1. The van der Waals surface area contributed by atoms with E-state index in [2.05, 4.69) is 37.3 Å². The first-order chi connectivity index (χ1) is 15.7. The molecule has 0 saturated carbocycles. The van der Waals surface area contributed by atoms with E-state index in [1.165, 1.54) is 0 Å². The van der Waals surface area contributed by atoms with Gasteiger partial charge in [0.15, 0.2) is 17.5 Å². The van der Waals surface area contributed by atoms with E-state index in [0.29, 0.717) is 23.2 Å². The van der Waals surface area contributed by atoms with Gasteiger partial charge in [0.2, 0.25) is 0 Å². The molecule has 0 saturated heterocycles. The Morgan fingerprint density at radius 3 is 2.62 bits per heavy atom. The number of nitrogens with zero attached hydrogens (tertiary/aromatic N) is 7. The maximum Gasteiger partial charge on any atom is 0.165 e. The number of aliphatic imine (C=N–C) groups is 1. The molecule has 1 aliphatic heterocycles. The third-order valence-electron chi connectivity index (χ3n) is 5.42. The number of nitrogens with two attached hydrogens (primary N) is 1. The summed E-state index contributed by atoms with van der Waals surface area (Å²) >= 11 is 0. The summed E-state index contributed by atoms with van der Waals surface area (Å²) < 4.78 is 1.76. The molecule has 1 aliphatic rings. The summed E-state index contributed by atoms with van der Waals surface area (Å²) in [5, 5.41) is 4.61. The van der Waals surface area contributed by atoms with Gasteiger partial charge in [0, 0.05) is 36.6 Å². The minimum Gasteiger partial charge on any atom is -0.310 e. The van der Waals surface area contributed by atoms with E-state index in [9.17, 15) is 0 Å². The normalized spacial score (nSPS) is 15.3. The van der Waals surface area contributed by atoms with Gasteiger partial charge in [-0.15, -0.1) is 0 Å². The van der Waals surface area contributed by atoms with Gasteiger partial charge < -0.3 is 5.43 Å². The molecule has 32 heavy (non-hydrogen) atoms. The van der Waals surface area contributed by atoms with Gasteiger partial charge in [-0.1, -0.05) is 37.3 Å². The molecule has 160 valence electrons. The van der Waals surface area contributed by atoms with Crippen LogP contribution in [0.1, 0.15) is 13.3 Å². The van der Waals surface area contributed by atoms with Crippen molar-refractivity contribution in [2.24, 2.45) is 17.9 Å². The number of aromatic nitrogens is 5. The van der Waals surface area contributed by atoms with Crippen LogP contribution >= 0.6 is 0 Å². The molecule has 0 radical (unpaired) electrons. The Morgan fingerprint density at radius 1 is 1.06 bits per heavy atom. The Labute approximate surface area is 185 Å². The Balaban J connectivity index is 1.69. The Morgan fingerprint density at radius 2 is 1.91 bits per heavy atom. The van der Waals surface area contributed by atoms with Crippen molar-refractivity contribution in [1.29, 1.82) is 0 Å². The van der Waals surface area contributed by atoms with Crippen LogP contribution in [0, 0.1) is 0 Å². The summed E-state index contributed by atoms with van der Waals surface area (Å²) in [5.41, 5.74) is 6.05. The topological polar surface area (TPSA) is 110 Å². The van der Waals surface area contributed by atoms with E-state index in [1.807, 2.05) is 61.8 Å². The number of hydrazine groups is 1. The molecule has 1 unspecified atom stereocenters. The van der Waals surface area contributed by atoms with Crippen LogP contribution in [0.5, 0.6) is 0 Å². The maximum absolute atomic E-state index is 5.79. The van der Waals surface area contributed by atoms with Crippen LogP contribution in [-0.2, 0) is 7.05 Å². The lowest BCUT2D eigenvalue weighted by Crippen LogP contribution is -2.49. The molecule has 0 aliphatic carbocycles. The second kappa shape index (κ2) is 8.20. The zero-order valence-electron chi connectivity index (χ0n) is 17.8. The zero-order valence-corrected chi connectivity index (χ0v) is 17.8. The highest BCUT2D eigenvalue weighted by Crippen LogP contribution is 2.39. The first kappa shape index (κ1) is 19.8. The Hall–Kier alpha value is -4.11. The van der Waals surface area contributed by atoms with E-state index < -0.39 is 0 Å². The summed E-state index contributed by atoms with van der Waals surface area (Å²) in [7, 11) is 1.89. The molecule has 4 heterocycles. The fourth-order valence-corrected chi connectivity index (χ4v) is 3.94. The largest absolute Gasteiger partial charge is 0.310 e. The zero-order chi connectivity index (χ0) is 22.1. The van der Waals surface area contributed by atoms with E-state index in [0.717, 1.165) is 29.1 Å². The number of nitrogens with one attached hydrogen (secondary N) is 1. The van der Waals surface area contributed by atoms with Crippen LogP contribution in [0.15, 0.2) is 72.1 Å². The van der Waals surface area contributed by atoms with E-state index in [1.54, 1.807) is 17.1 Å².